The van der Waals surface area contributed by atoms with Gasteiger partial charge in [0.25, 0.3) is 15.9 Å². The number of ether oxygens (including phenoxy) is 1. The number of carbonyl (C=O) groups excluding carboxylic acids is 1. The zero-order valence-corrected chi connectivity index (χ0v) is 28.2. The molecule has 246 valence electrons. The summed E-state index contributed by atoms with van der Waals surface area (Å²) in [4.78, 5) is 21.7. The van der Waals surface area contributed by atoms with Gasteiger partial charge in [-0.1, -0.05) is 17.7 Å². The van der Waals surface area contributed by atoms with Crippen LogP contribution in [-0.4, -0.2) is 59.3 Å². The van der Waals surface area contributed by atoms with E-state index in [4.69, 9.17) is 16.3 Å². The molecule has 1 atom stereocenters. The quantitative estimate of drug-likeness (QED) is 0.164. The number of aromatic nitrogens is 4. The SMILES string of the molecule is Cc1ccc(NCCC[C@@H]2CNC(C)(C)C2)nc1S(=O)(=O)NC(=O)c1ccc(-n2ccc(OCCC3C4(CC4)C34CC4)n2)nc1Cl. The lowest BCUT2D eigenvalue weighted by Gasteiger charge is -2.17. The smallest absolute Gasteiger partial charge is 0.282 e. The van der Waals surface area contributed by atoms with Crippen LogP contribution in [0.5, 0.6) is 5.88 Å². The average molecular weight is 668 g/mol. The summed E-state index contributed by atoms with van der Waals surface area (Å²) in [7, 11) is -4.29. The van der Waals surface area contributed by atoms with E-state index in [2.05, 4.69) is 44.3 Å². The number of nitrogens with one attached hydrogen (secondary N) is 3. The minimum absolute atomic E-state index is 0.0819. The highest BCUT2D eigenvalue weighted by Crippen LogP contribution is 2.93. The van der Waals surface area contributed by atoms with Crippen molar-refractivity contribution in [2.75, 3.05) is 25.0 Å². The van der Waals surface area contributed by atoms with Crippen LogP contribution in [0.15, 0.2) is 41.6 Å². The normalized spacial score (nSPS) is 21.8. The fourth-order valence-corrected chi connectivity index (χ4v) is 9.47. The number of aryl methyl sites for hydroxylation is 1. The number of halogens is 1. The van der Waals surface area contributed by atoms with Crippen LogP contribution in [0.1, 0.15) is 81.1 Å². The van der Waals surface area contributed by atoms with Crippen LogP contribution in [-0.2, 0) is 10.0 Å². The van der Waals surface area contributed by atoms with Gasteiger partial charge in [0, 0.05) is 24.3 Å². The van der Waals surface area contributed by atoms with Crippen molar-refractivity contribution in [2.45, 2.75) is 82.7 Å². The van der Waals surface area contributed by atoms with Gasteiger partial charge < -0.3 is 15.4 Å². The van der Waals surface area contributed by atoms with Gasteiger partial charge in [0.15, 0.2) is 10.8 Å². The lowest BCUT2D eigenvalue weighted by Crippen LogP contribution is -2.32. The van der Waals surface area contributed by atoms with Crippen molar-refractivity contribution in [3.05, 3.63) is 52.8 Å². The van der Waals surface area contributed by atoms with Crippen molar-refractivity contribution >= 4 is 33.3 Å². The van der Waals surface area contributed by atoms with Crippen molar-refractivity contribution in [1.29, 1.82) is 0 Å². The molecule has 0 bridgehead atoms. The number of fused-ring (bicyclic) bond motifs is 1. The molecule has 0 unspecified atom stereocenters. The first-order chi connectivity index (χ1) is 21.9. The molecule has 3 aliphatic carbocycles. The van der Waals surface area contributed by atoms with Crippen LogP contribution in [0.25, 0.3) is 5.82 Å². The number of pyridine rings is 2. The molecule has 3 aromatic heterocycles. The Bertz CT molecular complexity index is 1750. The largest absolute Gasteiger partial charge is 0.477 e. The number of hydrogen-bond acceptors (Lipinski definition) is 9. The zero-order valence-electron chi connectivity index (χ0n) is 26.6. The molecule has 3 aromatic rings. The molecule has 0 radical (unpaired) electrons. The van der Waals surface area contributed by atoms with Gasteiger partial charge >= 0.3 is 0 Å². The fraction of sp³-hybridized carbons (Fsp3) is 0.576. The van der Waals surface area contributed by atoms with E-state index >= 15 is 0 Å². The summed E-state index contributed by atoms with van der Waals surface area (Å²) >= 11 is 6.37. The summed E-state index contributed by atoms with van der Waals surface area (Å²) < 4.78 is 36.0. The molecule has 1 saturated heterocycles. The highest BCUT2D eigenvalue weighted by molar-refractivity contribution is 7.90. The first kappa shape index (κ1) is 31.4. The van der Waals surface area contributed by atoms with Gasteiger partial charge in [-0.15, -0.1) is 5.10 Å². The van der Waals surface area contributed by atoms with Gasteiger partial charge in [0.1, 0.15) is 11.0 Å². The molecule has 11 nitrogen and oxygen atoms in total. The lowest BCUT2D eigenvalue weighted by molar-refractivity contribution is 0.0981. The maximum Gasteiger partial charge on any atom is 0.282 e. The van der Waals surface area contributed by atoms with Crippen LogP contribution in [0.4, 0.5) is 5.82 Å². The third-order valence-corrected chi connectivity index (χ3v) is 12.3. The van der Waals surface area contributed by atoms with Crippen LogP contribution >= 0.6 is 11.6 Å². The topological polar surface area (TPSA) is 140 Å². The lowest BCUT2D eigenvalue weighted by atomic mass is 9.94. The number of amides is 1. The van der Waals surface area contributed by atoms with Gasteiger partial charge in [-0.25, -0.2) is 19.4 Å². The summed E-state index contributed by atoms with van der Waals surface area (Å²) in [5, 5.41) is 10.8. The third kappa shape index (κ3) is 5.99. The fourth-order valence-electron chi connectivity index (χ4n) is 8.07. The number of hydrogen-bond donors (Lipinski definition) is 3. The predicted octanol–water partition coefficient (Wildman–Crippen LogP) is 5.28. The summed E-state index contributed by atoms with van der Waals surface area (Å²) in [5.74, 6) is 1.84. The molecule has 7 rings (SSSR count). The van der Waals surface area contributed by atoms with Crippen molar-refractivity contribution in [1.82, 2.24) is 29.8 Å². The molecular weight excluding hydrogens is 626 g/mol. The molecule has 4 fully saturated rings. The Morgan fingerprint density at radius 1 is 1.09 bits per heavy atom. The third-order valence-electron chi connectivity index (χ3n) is 10.6. The number of nitrogens with zero attached hydrogens (tertiary/aromatic N) is 4. The second kappa shape index (κ2) is 11.5. The Morgan fingerprint density at radius 2 is 1.85 bits per heavy atom. The van der Waals surface area contributed by atoms with Crippen LogP contribution in [0.3, 0.4) is 0 Å². The molecule has 13 heteroatoms. The molecule has 4 heterocycles. The van der Waals surface area contributed by atoms with E-state index in [1.165, 1.54) is 36.4 Å². The molecule has 0 aromatic carbocycles. The Labute approximate surface area is 275 Å². The van der Waals surface area contributed by atoms with Crippen molar-refractivity contribution in [3.8, 4) is 11.7 Å². The van der Waals surface area contributed by atoms with Crippen molar-refractivity contribution in [2.24, 2.45) is 22.7 Å². The number of rotatable bonds is 13. The maximum absolute atomic E-state index is 13.2. The number of carbonyl (C=O) groups is 1. The van der Waals surface area contributed by atoms with Crippen LogP contribution < -0.4 is 20.1 Å². The van der Waals surface area contributed by atoms with E-state index in [-0.39, 0.29) is 21.3 Å². The molecule has 2 spiro atoms. The first-order valence-electron chi connectivity index (χ1n) is 16.3. The molecule has 46 heavy (non-hydrogen) atoms. The Balaban J connectivity index is 0.930. The van der Waals surface area contributed by atoms with Gasteiger partial charge in [-0.3, -0.25) is 4.79 Å². The van der Waals surface area contributed by atoms with Crippen molar-refractivity contribution < 1.29 is 17.9 Å². The Kier molecular flexibility index (Phi) is 7.84. The van der Waals surface area contributed by atoms with Gasteiger partial charge in [-0.2, -0.15) is 8.42 Å². The molecular formula is C33H42ClN7O4S. The average Bonchev–Trinajstić information content (AvgIpc) is 3.95. The Morgan fingerprint density at radius 3 is 2.52 bits per heavy atom. The summed E-state index contributed by atoms with van der Waals surface area (Å²) in [6.07, 6.45) is 11.5. The minimum atomic E-state index is -4.29. The highest BCUT2D eigenvalue weighted by atomic mass is 35.5. The predicted molar refractivity (Wildman–Crippen MR) is 175 cm³/mol. The standard InChI is InChI=1S/C33H42ClN7O4S/c1-21-6-8-25(35-16-4-5-22-19-31(2,3)36-20-22)37-30(21)46(43,44)40-29(42)23-7-9-26(38-28(23)34)41-17-10-27(39-41)45-18-11-24-32(12-13-32)33(24)14-15-33/h6-10,17,22,24,36H,4-5,11-16,18-20H2,1-3H3,(H,35,37)(H,40,42)/t22-/m0/s1. The highest BCUT2D eigenvalue weighted by Gasteiger charge is 2.85. The van der Waals surface area contributed by atoms with E-state index < -0.39 is 15.9 Å². The van der Waals surface area contributed by atoms with Gasteiger partial charge in [0.2, 0.25) is 5.88 Å². The molecule has 1 amide bonds. The van der Waals surface area contributed by atoms with Gasteiger partial charge in [-0.05, 0) is 125 Å². The Hall–Kier alpha value is -3.22. The number of sulfonamides is 1. The van der Waals surface area contributed by atoms with Crippen LogP contribution in [0.2, 0.25) is 5.15 Å². The van der Waals surface area contributed by atoms with Crippen LogP contribution in [0, 0.1) is 29.6 Å². The minimum Gasteiger partial charge on any atom is -0.477 e. The van der Waals surface area contributed by atoms with E-state index in [0.717, 1.165) is 38.1 Å². The summed E-state index contributed by atoms with van der Waals surface area (Å²) in [5.41, 5.74) is 1.83. The molecule has 4 aliphatic rings. The maximum atomic E-state index is 13.2. The molecule has 1 aliphatic heterocycles. The van der Waals surface area contributed by atoms with E-state index in [0.29, 0.717) is 53.0 Å². The zero-order chi connectivity index (χ0) is 32.3. The monoisotopic (exact) mass is 667 g/mol. The van der Waals surface area contributed by atoms with E-state index in [9.17, 15) is 13.2 Å². The van der Waals surface area contributed by atoms with Crippen molar-refractivity contribution in [3.63, 3.8) is 0 Å². The molecule has 3 N–H and O–H groups in total. The van der Waals surface area contributed by atoms with Gasteiger partial charge in [0.05, 0.1) is 12.2 Å². The summed E-state index contributed by atoms with van der Waals surface area (Å²) in [6.45, 7) is 8.38. The van der Waals surface area contributed by atoms with E-state index in [1.54, 1.807) is 37.4 Å². The summed E-state index contributed by atoms with van der Waals surface area (Å²) in [6, 6.07) is 8.15. The molecule has 3 saturated carbocycles. The second-order valence-electron chi connectivity index (χ2n) is 14.3. The number of anilines is 1. The van der Waals surface area contributed by atoms with E-state index in [1.807, 2.05) is 0 Å². The first-order valence-corrected chi connectivity index (χ1v) is 18.2. The second-order valence-corrected chi connectivity index (χ2v) is 16.2.